The number of nitrogens with one attached hydrogen (secondary N) is 1. The number of hydrazone groups is 1. The molecule has 0 spiro atoms. The third-order valence-electron chi connectivity index (χ3n) is 5.34. The fourth-order valence-corrected chi connectivity index (χ4v) is 3.54. The Balaban J connectivity index is 1.79. The molecule has 4 rings (SSSR count). The number of benzene rings is 2. The lowest BCUT2D eigenvalue weighted by atomic mass is 10.2. The zero-order chi connectivity index (χ0) is 23.5. The molecule has 2 heterocycles. The molecule has 1 N–H and O–H groups in total. The van der Waals surface area contributed by atoms with E-state index in [9.17, 15) is 9.59 Å². The van der Waals surface area contributed by atoms with Gasteiger partial charge in [0.2, 0.25) is 5.95 Å². The van der Waals surface area contributed by atoms with Crippen LogP contribution in [-0.2, 0) is 20.6 Å². The number of aryl methyl sites for hydroxylation is 1. The highest BCUT2D eigenvalue weighted by Crippen LogP contribution is 2.23. The van der Waals surface area contributed by atoms with Gasteiger partial charge in [0.05, 0.1) is 27.0 Å². The molecule has 0 atom stereocenters. The molecule has 2 aromatic carbocycles. The predicted molar refractivity (Wildman–Crippen MR) is 127 cm³/mol. The van der Waals surface area contributed by atoms with Crippen LogP contribution in [0.4, 0.5) is 5.95 Å². The van der Waals surface area contributed by atoms with Crippen LogP contribution in [0.2, 0.25) is 0 Å². The smallest absolute Gasteiger partial charge is 0.332 e. The molecule has 0 radical (unpaired) electrons. The Kier molecular flexibility index (Phi) is 5.99. The van der Waals surface area contributed by atoms with Crippen molar-refractivity contribution in [1.29, 1.82) is 0 Å². The molecule has 10 nitrogen and oxygen atoms in total. The molecule has 0 aliphatic heterocycles. The lowest BCUT2D eigenvalue weighted by Gasteiger charge is -2.09. The minimum atomic E-state index is -0.449. The quantitative estimate of drug-likeness (QED) is 0.342. The van der Waals surface area contributed by atoms with Gasteiger partial charge in [-0.25, -0.2) is 10.2 Å². The van der Waals surface area contributed by atoms with Crippen molar-refractivity contribution < 1.29 is 9.47 Å². The number of rotatable bonds is 7. The van der Waals surface area contributed by atoms with E-state index in [4.69, 9.17) is 9.47 Å². The van der Waals surface area contributed by atoms with Crippen LogP contribution in [0.1, 0.15) is 11.1 Å². The molecule has 0 saturated carbocycles. The minimum absolute atomic E-state index is 0.277. The molecule has 2 aromatic heterocycles. The molecule has 0 fully saturated rings. The van der Waals surface area contributed by atoms with Gasteiger partial charge in [0.15, 0.2) is 11.2 Å². The average molecular weight is 448 g/mol. The topological polar surface area (TPSA) is 105 Å². The summed E-state index contributed by atoms with van der Waals surface area (Å²) in [7, 11) is 6.18. The first-order chi connectivity index (χ1) is 15.9. The van der Waals surface area contributed by atoms with Gasteiger partial charge in [-0.3, -0.25) is 18.5 Å². The van der Waals surface area contributed by atoms with Gasteiger partial charge in [0.25, 0.3) is 5.56 Å². The Morgan fingerprint density at radius 2 is 1.79 bits per heavy atom. The zero-order valence-electron chi connectivity index (χ0n) is 18.8. The van der Waals surface area contributed by atoms with Crippen molar-refractivity contribution in [2.24, 2.45) is 19.2 Å². The molecule has 170 valence electrons. The van der Waals surface area contributed by atoms with Crippen molar-refractivity contribution in [2.75, 3.05) is 19.6 Å². The maximum Gasteiger partial charge on any atom is 0.332 e. The van der Waals surface area contributed by atoms with Crippen LogP contribution in [0, 0.1) is 0 Å². The van der Waals surface area contributed by atoms with Crippen LogP contribution in [0.5, 0.6) is 11.5 Å². The first-order valence-electron chi connectivity index (χ1n) is 10.2. The van der Waals surface area contributed by atoms with Crippen molar-refractivity contribution in [3.63, 3.8) is 0 Å². The highest BCUT2D eigenvalue weighted by Gasteiger charge is 2.19. The number of hydrogen-bond acceptors (Lipinski definition) is 7. The van der Waals surface area contributed by atoms with Gasteiger partial charge < -0.3 is 9.47 Å². The summed E-state index contributed by atoms with van der Waals surface area (Å²) in [5, 5.41) is 4.30. The lowest BCUT2D eigenvalue weighted by Crippen LogP contribution is -2.37. The zero-order valence-corrected chi connectivity index (χ0v) is 18.8. The van der Waals surface area contributed by atoms with Crippen molar-refractivity contribution >= 4 is 23.3 Å². The fraction of sp³-hybridized carbons (Fsp3) is 0.217. The number of fused-ring (bicyclic) bond motifs is 1. The number of methoxy groups -OCH3 is 2. The SMILES string of the molecule is COc1ccc(/C=N\Nc2nc3c(c(=O)n(C)c(=O)n3C)n2Cc2ccccc2)c(OC)c1. The van der Waals surface area contributed by atoms with Crippen molar-refractivity contribution in [3.8, 4) is 11.5 Å². The second-order valence-electron chi connectivity index (χ2n) is 7.36. The molecular formula is C23H24N6O4. The fourth-order valence-electron chi connectivity index (χ4n) is 3.54. The summed E-state index contributed by atoms with van der Waals surface area (Å²) in [6.45, 7) is 0.370. The number of imidazole rings is 1. The largest absolute Gasteiger partial charge is 0.497 e. The monoisotopic (exact) mass is 448 g/mol. The highest BCUT2D eigenvalue weighted by atomic mass is 16.5. The lowest BCUT2D eigenvalue weighted by molar-refractivity contribution is 0.394. The second-order valence-corrected chi connectivity index (χ2v) is 7.36. The first kappa shape index (κ1) is 21.9. The van der Waals surface area contributed by atoms with Gasteiger partial charge in [-0.15, -0.1) is 0 Å². The van der Waals surface area contributed by atoms with E-state index >= 15 is 0 Å². The second kappa shape index (κ2) is 9.03. The summed E-state index contributed by atoms with van der Waals surface area (Å²) in [4.78, 5) is 29.9. The van der Waals surface area contributed by atoms with Gasteiger partial charge in [0, 0.05) is 25.7 Å². The predicted octanol–water partition coefficient (Wildman–Crippen LogP) is 1.95. The Morgan fingerprint density at radius 1 is 1.03 bits per heavy atom. The van der Waals surface area contributed by atoms with Crippen LogP contribution in [-0.4, -0.2) is 39.1 Å². The Morgan fingerprint density at radius 3 is 2.48 bits per heavy atom. The maximum atomic E-state index is 13.0. The maximum absolute atomic E-state index is 13.0. The Labute approximate surface area is 189 Å². The Hall–Kier alpha value is -4.34. The van der Waals surface area contributed by atoms with Gasteiger partial charge in [-0.1, -0.05) is 30.3 Å². The van der Waals surface area contributed by atoms with E-state index in [1.54, 1.807) is 44.2 Å². The standard InChI is InChI=1S/C23H24N6O4/c1-27-20-19(21(30)28(2)23(27)31)29(14-15-8-6-5-7-9-15)22(25-20)26-24-13-16-10-11-17(32-3)12-18(16)33-4/h5-13H,14H2,1-4H3,(H,25,26)/b24-13-. The summed E-state index contributed by atoms with van der Waals surface area (Å²) in [6, 6.07) is 15.0. The van der Waals surface area contributed by atoms with E-state index in [0.29, 0.717) is 29.5 Å². The third-order valence-corrected chi connectivity index (χ3v) is 5.34. The Bertz CT molecular complexity index is 1450. The van der Waals surface area contributed by atoms with Gasteiger partial charge in [-0.05, 0) is 17.7 Å². The molecule has 0 aliphatic carbocycles. The molecule has 10 heteroatoms. The van der Waals surface area contributed by atoms with Gasteiger partial charge >= 0.3 is 5.69 Å². The van der Waals surface area contributed by atoms with Crippen LogP contribution < -0.4 is 26.1 Å². The number of nitrogens with zero attached hydrogens (tertiary/aromatic N) is 5. The number of ether oxygens (including phenoxy) is 2. The van der Waals surface area contributed by atoms with Crippen molar-refractivity contribution in [3.05, 3.63) is 80.5 Å². The summed E-state index contributed by atoms with van der Waals surface area (Å²) in [5.41, 5.74) is 4.32. The number of anilines is 1. The van der Waals surface area contributed by atoms with Crippen molar-refractivity contribution in [2.45, 2.75) is 6.54 Å². The molecular weight excluding hydrogens is 424 g/mol. The highest BCUT2D eigenvalue weighted by molar-refractivity contribution is 5.84. The number of hydrogen-bond donors (Lipinski definition) is 1. The van der Waals surface area contributed by atoms with Crippen LogP contribution in [0.25, 0.3) is 11.2 Å². The van der Waals surface area contributed by atoms with E-state index in [0.717, 1.165) is 15.7 Å². The van der Waals surface area contributed by atoms with E-state index in [1.807, 2.05) is 36.4 Å². The molecule has 4 aromatic rings. The third kappa shape index (κ3) is 4.10. The molecule has 0 saturated heterocycles. The molecule has 0 bridgehead atoms. The van der Waals surface area contributed by atoms with E-state index in [-0.39, 0.29) is 5.65 Å². The van der Waals surface area contributed by atoms with E-state index in [2.05, 4.69) is 15.5 Å². The summed E-state index contributed by atoms with van der Waals surface area (Å²) >= 11 is 0. The molecule has 0 amide bonds. The van der Waals surface area contributed by atoms with Crippen molar-refractivity contribution in [1.82, 2.24) is 18.7 Å². The normalized spacial score (nSPS) is 11.3. The summed E-state index contributed by atoms with van der Waals surface area (Å²) < 4.78 is 14.8. The van der Waals surface area contributed by atoms with Crippen LogP contribution in [0.3, 0.4) is 0 Å². The van der Waals surface area contributed by atoms with Gasteiger partial charge in [-0.2, -0.15) is 10.1 Å². The summed E-state index contributed by atoms with van der Waals surface area (Å²) in [5.74, 6) is 1.59. The molecule has 33 heavy (non-hydrogen) atoms. The number of aromatic nitrogens is 4. The van der Waals surface area contributed by atoms with E-state index in [1.165, 1.54) is 11.6 Å². The van der Waals surface area contributed by atoms with Gasteiger partial charge in [0.1, 0.15) is 11.5 Å². The first-order valence-corrected chi connectivity index (χ1v) is 10.2. The van der Waals surface area contributed by atoms with Crippen LogP contribution >= 0.6 is 0 Å². The summed E-state index contributed by atoms with van der Waals surface area (Å²) in [6.07, 6.45) is 1.58. The molecule has 0 unspecified atom stereocenters. The minimum Gasteiger partial charge on any atom is -0.497 e. The van der Waals surface area contributed by atoms with E-state index < -0.39 is 11.2 Å². The molecule has 0 aliphatic rings. The average Bonchev–Trinajstić information content (AvgIpc) is 3.20. The van der Waals surface area contributed by atoms with Crippen LogP contribution in [0.15, 0.2) is 63.2 Å².